The van der Waals surface area contributed by atoms with Crippen LogP contribution in [0.15, 0.2) is 0 Å². The Labute approximate surface area is 58.0 Å². The number of H-pyrrole nitrogens is 1. The first-order valence-electron chi connectivity index (χ1n) is 1.74. The molecule has 0 aliphatic carbocycles. The van der Waals surface area contributed by atoms with Crippen LogP contribution in [-0.2, 0) is 0 Å². The molecule has 0 radical (unpaired) electrons. The zero-order valence-corrected chi connectivity index (χ0v) is 5.79. The van der Waals surface area contributed by atoms with Crippen molar-refractivity contribution in [3.8, 4) is 0 Å². The highest BCUT2D eigenvalue weighted by atomic mass is 127. The average Bonchev–Trinajstić information content (AvgIpc) is 2.12. The van der Waals surface area contributed by atoms with Crippen LogP contribution in [0.4, 0.5) is 0 Å². The number of tetrazole rings is 1. The van der Waals surface area contributed by atoms with Gasteiger partial charge in [-0.25, -0.2) is 0 Å². The molecule has 0 fully saturated rings. The van der Waals surface area contributed by atoms with Gasteiger partial charge >= 0.3 is 0 Å². The number of carbonyl (C=O) groups is 1. The number of carbonyl (C=O) groups excluding carboxylic acids is 1. The molecule has 8 heavy (non-hydrogen) atoms. The summed E-state index contributed by atoms with van der Waals surface area (Å²) in [5.41, 5.74) is 0. The molecule has 1 aromatic rings. The molecule has 42 valence electrons. The minimum absolute atomic E-state index is 0.116. The van der Waals surface area contributed by atoms with Crippen LogP contribution in [0.3, 0.4) is 0 Å². The normalized spacial score (nSPS) is 9.12. The Kier molecular flexibility index (Phi) is 1.51. The average molecular weight is 224 g/mol. The fourth-order valence-electron chi connectivity index (χ4n) is 0.245. The van der Waals surface area contributed by atoms with Crippen LogP contribution in [0.25, 0.3) is 0 Å². The Bertz CT molecular complexity index is 182. The molecule has 0 aliphatic heterocycles. The van der Waals surface area contributed by atoms with Crippen LogP contribution in [0.5, 0.6) is 0 Å². The lowest BCUT2D eigenvalue weighted by Gasteiger charge is -1.71. The van der Waals surface area contributed by atoms with Crippen molar-refractivity contribution in [1.82, 2.24) is 20.6 Å². The molecule has 1 aromatic heterocycles. The SMILES string of the molecule is O=C(I)c1nn[nH]n1. The highest BCUT2D eigenvalue weighted by molar-refractivity contribution is 14.1. The van der Waals surface area contributed by atoms with Crippen LogP contribution in [-0.4, -0.2) is 24.4 Å². The zero-order chi connectivity index (χ0) is 5.98. The summed E-state index contributed by atoms with van der Waals surface area (Å²) >= 11 is 1.58. The molecule has 0 atom stereocenters. The van der Waals surface area contributed by atoms with Crippen LogP contribution >= 0.6 is 22.6 Å². The summed E-state index contributed by atoms with van der Waals surface area (Å²) in [6.45, 7) is 0. The van der Waals surface area contributed by atoms with Crippen molar-refractivity contribution in [2.45, 2.75) is 0 Å². The third-order valence-corrected chi connectivity index (χ3v) is 1.00. The summed E-state index contributed by atoms with van der Waals surface area (Å²) in [6, 6.07) is 0. The van der Waals surface area contributed by atoms with Crippen molar-refractivity contribution in [2.75, 3.05) is 0 Å². The molecule has 0 spiro atoms. The fraction of sp³-hybridized carbons (Fsp3) is 0. The smallest absolute Gasteiger partial charge is 0.263 e. The largest absolute Gasteiger partial charge is 0.278 e. The third kappa shape index (κ3) is 0.997. The van der Waals surface area contributed by atoms with Gasteiger partial charge in [0.05, 0.1) is 0 Å². The number of aromatic amines is 1. The Balaban J connectivity index is 2.93. The number of hydrogen-bond donors (Lipinski definition) is 1. The summed E-state index contributed by atoms with van der Waals surface area (Å²) in [7, 11) is 0. The first-order valence-corrected chi connectivity index (χ1v) is 2.82. The number of hydrogen-bond acceptors (Lipinski definition) is 4. The minimum atomic E-state index is -0.212. The molecule has 1 N–H and O–H groups in total. The van der Waals surface area contributed by atoms with E-state index in [9.17, 15) is 4.79 Å². The van der Waals surface area contributed by atoms with Gasteiger partial charge in [-0.15, -0.1) is 10.2 Å². The van der Waals surface area contributed by atoms with Gasteiger partial charge in [0.2, 0.25) is 0 Å². The van der Waals surface area contributed by atoms with Gasteiger partial charge in [-0.1, -0.05) is 0 Å². The molecule has 1 heterocycles. The van der Waals surface area contributed by atoms with Crippen LogP contribution in [0, 0.1) is 0 Å². The summed E-state index contributed by atoms with van der Waals surface area (Å²) in [5.74, 6) is 0.116. The summed E-state index contributed by atoms with van der Waals surface area (Å²) in [4.78, 5) is 10.3. The molecule has 0 unspecified atom stereocenters. The minimum Gasteiger partial charge on any atom is -0.278 e. The van der Waals surface area contributed by atoms with E-state index in [0.717, 1.165) is 0 Å². The van der Waals surface area contributed by atoms with Gasteiger partial charge in [-0.2, -0.15) is 5.21 Å². The highest BCUT2D eigenvalue weighted by Crippen LogP contribution is 1.93. The molecule has 1 rings (SSSR count). The molecule has 0 saturated heterocycles. The molecular weight excluding hydrogens is 223 g/mol. The summed E-state index contributed by atoms with van der Waals surface area (Å²) in [5, 5.41) is 12.2. The topological polar surface area (TPSA) is 71.5 Å². The second kappa shape index (κ2) is 2.16. The zero-order valence-electron chi connectivity index (χ0n) is 3.63. The standard InChI is InChI=1S/C2HIN4O/c3-1(8)2-4-6-7-5-2/h(H,4,5,6,7). The molecule has 5 nitrogen and oxygen atoms in total. The van der Waals surface area contributed by atoms with Gasteiger partial charge in [0.15, 0.2) is 0 Å². The van der Waals surface area contributed by atoms with E-state index in [1.807, 2.05) is 0 Å². The lowest BCUT2D eigenvalue weighted by molar-refractivity contribution is 0.109. The highest BCUT2D eigenvalue weighted by Gasteiger charge is 2.03. The maximum absolute atomic E-state index is 10.3. The van der Waals surface area contributed by atoms with Gasteiger partial charge < -0.3 is 0 Å². The molecular formula is C2HIN4O. The van der Waals surface area contributed by atoms with E-state index in [2.05, 4.69) is 20.6 Å². The number of halogens is 1. The monoisotopic (exact) mass is 224 g/mol. The Morgan fingerprint density at radius 2 is 2.50 bits per heavy atom. The maximum atomic E-state index is 10.3. The number of aromatic nitrogens is 4. The van der Waals surface area contributed by atoms with E-state index >= 15 is 0 Å². The molecule has 0 saturated carbocycles. The van der Waals surface area contributed by atoms with E-state index in [4.69, 9.17) is 0 Å². The molecule has 0 aliphatic rings. The Morgan fingerprint density at radius 3 is 2.75 bits per heavy atom. The van der Waals surface area contributed by atoms with Gasteiger partial charge in [0.1, 0.15) is 0 Å². The van der Waals surface area contributed by atoms with Gasteiger partial charge in [-0.3, -0.25) is 4.79 Å². The first-order chi connectivity index (χ1) is 3.80. The van der Waals surface area contributed by atoms with E-state index in [1.54, 1.807) is 22.6 Å². The van der Waals surface area contributed by atoms with Crippen molar-refractivity contribution in [3.05, 3.63) is 5.82 Å². The number of nitrogens with one attached hydrogen (secondary N) is 1. The summed E-state index contributed by atoms with van der Waals surface area (Å²) in [6.07, 6.45) is 0. The first kappa shape index (κ1) is 5.60. The van der Waals surface area contributed by atoms with Crippen molar-refractivity contribution < 1.29 is 4.79 Å². The van der Waals surface area contributed by atoms with E-state index in [1.165, 1.54) is 0 Å². The lowest BCUT2D eigenvalue weighted by Crippen LogP contribution is -1.89. The van der Waals surface area contributed by atoms with Crippen molar-refractivity contribution in [3.63, 3.8) is 0 Å². The number of rotatable bonds is 1. The van der Waals surface area contributed by atoms with Crippen LogP contribution < -0.4 is 0 Å². The quantitative estimate of drug-likeness (QED) is 0.528. The summed E-state index contributed by atoms with van der Waals surface area (Å²) < 4.78 is -0.212. The molecule has 0 bridgehead atoms. The molecule has 6 heteroatoms. The van der Waals surface area contributed by atoms with Gasteiger partial charge in [-0.05, 0) is 5.21 Å². The Hall–Kier alpha value is -0.530. The predicted molar refractivity (Wildman–Crippen MR) is 32.5 cm³/mol. The fourth-order valence-corrected chi connectivity index (χ4v) is 0.474. The predicted octanol–water partition coefficient (Wildman–Crippen LogP) is -0.225. The second-order valence-electron chi connectivity index (χ2n) is 1.01. The van der Waals surface area contributed by atoms with Gasteiger partial charge in [0.25, 0.3) is 9.61 Å². The van der Waals surface area contributed by atoms with Crippen molar-refractivity contribution >= 4 is 26.4 Å². The van der Waals surface area contributed by atoms with Crippen LogP contribution in [0.2, 0.25) is 0 Å². The molecule has 0 aromatic carbocycles. The maximum Gasteiger partial charge on any atom is 0.263 e. The third-order valence-electron chi connectivity index (χ3n) is 0.521. The lowest BCUT2D eigenvalue weighted by atomic mass is 10.7. The second-order valence-corrected chi connectivity index (χ2v) is 1.99. The van der Waals surface area contributed by atoms with E-state index < -0.39 is 0 Å². The van der Waals surface area contributed by atoms with Gasteiger partial charge in [0, 0.05) is 22.6 Å². The molecule has 0 amide bonds. The van der Waals surface area contributed by atoms with Crippen LogP contribution in [0.1, 0.15) is 10.6 Å². The van der Waals surface area contributed by atoms with E-state index in [0.29, 0.717) is 0 Å². The number of nitrogens with zero attached hydrogens (tertiary/aromatic N) is 3. The van der Waals surface area contributed by atoms with E-state index in [-0.39, 0.29) is 9.61 Å². The van der Waals surface area contributed by atoms with Crippen molar-refractivity contribution in [1.29, 1.82) is 0 Å². The van der Waals surface area contributed by atoms with Crippen molar-refractivity contribution in [2.24, 2.45) is 0 Å². The Morgan fingerprint density at radius 1 is 1.75 bits per heavy atom.